The lowest BCUT2D eigenvalue weighted by atomic mass is 9.88. The van der Waals surface area contributed by atoms with Gasteiger partial charge in [0.15, 0.2) is 0 Å². The maximum absolute atomic E-state index is 13.6. The molecule has 172 valence electrons. The zero-order valence-corrected chi connectivity index (χ0v) is 20.4. The maximum Gasteiger partial charge on any atom is 0.230 e. The zero-order chi connectivity index (χ0) is 23.6. The molecule has 2 nitrogen and oxygen atoms in total. The largest absolute Gasteiger partial charge is 0.308 e. The van der Waals surface area contributed by atoms with Crippen LogP contribution in [0.5, 0.6) is 0 Å². The third-order valence-corrected chi connectivity index (χ3v) is 6.21. The highest BCUT2D eigenvalue weighted by Gasteiger charge is 2.27. The number of carbonyl (C=O) groups is 1. The van der Waals surface area contributed by atoms with Crippen LogP contribution in [0.1, 0.15) is 69.6 Å². The summed E-state index contributed by atoms with van der Waals surface area (Å²) in [5, 5.41) is 0. The van der Waals surface area contributed by atoms with Gasteiger partial charge in [-0.1, -0.05) is 98.2 Å². The van der Waals surface area contributed by atoms with E-state index >= 15 is 0 Å². The lowest BCUT2D eigenvalue weighted by Gasteiger charge is -2.30. The van der Waals surface area contributed by atoms with Crippen LogP contribution in [-0.4, -0.2) is 5.91 Å². The first-order valence-electron chi connectivity index (χ1n) is 12.1. The van der Waals surface area contributed by atoms with Crippen LogP contribution >= 0.6 is 0 Å². The highest BCUT2D eigenvalue weighted by atomic mass is 16.2. The molecule has 0 spiro atoms. The molecule has 0 aromatic heterocycles. The first-order chi connectivity index (χ1) is 16.0. The zero-order valence-electron chi connectivity index (χ0n) is 20.4. The van der Waals surface area contributed by atoms with Crippen molar-refractivity contribution in [2.75, 3.05) is 4.90 Å². The van der Waals surface area contributed by atoms with E-state index in [4.69, 9.17) is 0 Å². The van der Waals surface area contributed by atoms with Gasteiger partial charge in [-0.2, -0.15) is 0 Å². The molecule has 1 fully saturated rings. The molecule has 0 saturated heterocycles. The summed E-state index contributed by atoms with van der Waals surface area (Å²) in [6.07, 6.45) is 15.8. The Morgan fingerprint density at radius 1 is 1.03 bits per heavy atom. The van der Waals surface area contributed by atoms with Gasteiger partial charge < -0.3 is 4.90 Å². The van der Waals surface area contributed by atoms with E-state index in [0.29, 0.717) is 6.54 Å². The predicted molar refractivity (Wildman–Crippen MR) is 143 cm³/mol. The fourth-order valence-electron chi connectivity index (χ4n) is 4.38. The molecule has 0 N–H and O–H groups in total. The molecule has 1 amide bonds. The van der Waals surface area contributed by atoms with Gasteiger partial charge in [-0.3, -0.25) is 4.79 Å². The molecule has 1 saturated carbocycles. The average Bonchev–Trinajstić information content (AvgIpc) is 2.84. The second-order valence-electron chi connectivity index (χ2n) is 9.12. The highest BCUT2D eigenvalue weighted by Crippen LogP contribution is 2.29. The number of carbonyl (C=O) groups excluding carboxylic acids is 1. The number of hydrogen-bond acceptors (Lipinski definition) is 1. The Hall–Kier alpha value is -3.13. The summed E-state index contributed by atoms with van der Waals surface area (Å²) in [5.41, 5.74) is 6.70. The Kier molecular flexibility index (Phi) is 9.06. The topological polar surface area (TPSA) is 20.3 Å². The van der Waals surface area contributed by atoms with Crippen LogP contribution in [0, 0.1) is 5.92 Å². The summed E-state index contributed by atoms with van der Waals surface area (Å²) in [5.74, 6) is 0.384. The van der Waals surface area contributed by atoms with E-state index < -0.39 is 0 Å². The van der Waals surface area contributed by atoms with E-state index in [9.17, 15) is 4.79 Å². The minimum absolute atomic E-state index is 0.128. The molecule has 0 bridgehead atoms. The molecular weight excluding hydrogens is 402 g/mol. The van der Waals surface area contributed by atoms with Crippen molar-refractivity contribution < 1.29 is 4.79 Å². The second kappa shape index (κ2) is 12.2. The fraction of sp³-hybridized carbons (Fsp3) is 0.323. The molecule has 1 aliphatic carbocycles. The van der Waals surface area contributed by atoms with Gasteiger partial charge in [0.1, 0.15) is 0 Å². The van der Waals surface area contributed by atoms with Crippen LogP contribution < -0.4 is 4.90 Å². The summed E-state index contributed by atoms with van der Waals surface area (Å²) in [7, 11) is 0. The van der Waals surface area contributed by atoms with Crippen molar-refractivity contribution in [1.29, 1.82) is 0 Å². The standard InChI is InChI=1S/C31H37NO/c1-5-11-25-12-10-15-30(22-25)32(31(33)29-13-8-7-9-14-29)23-26-17-20-28(21-18-26)27(6-2)19-16-24(3)4/h5-6,10-12,15-22,29H,2,7-9,13-14,23H2,1,3-4H3/b11-5+,27-19+. The van der Waals surface area contributed by atoms with E-state index in [-0.39, 0.29) is 11.8 Å². The van der Waals surface area contributed by atoms with Gasteiger partial charge in [0.25, 0.3) is 0 Å². The van der Waals surface area contributed by atoms with Gasteiger partial charge in [-0.15, -0.1) is 0 Å². The molecule has 2 heteroatoms. The van der Waals surface area contributed by atoms with Crippen molar-refractivity contribution in [1.82, 2.24) is 0 Å². The van der Waals surface area contributed by atoms with Crippen LogP contribution in [0.25, 0.3) is 11.6 Å². The van der Waals surface area contributed by atoms with Crippen molar-refractivity contribution in [3.05, 3.63) is 102 Å². The Morgan fingerprint density at radius 2 is 1.76 bits per heavy atom. The van der Waals surface area contributed by atoms with E-state index in [1.807, 2.05) is 30.0 Å². The molecule has 0 aliphatic heterocycles. The third-order valence-electron chi connectivity index (χ3n) is 6.21. The Labute approximate surface area is 200 Å². The first-order valence-corrected chi connectivity index (χ1v) is 12.1. The fourth-order valence-corrected chi connectivity index (χ4v) is 4.38. The van der Waals surface area contributed by atoms with E-state index in [1.54, 1.807) is 0 Å². The number of amides is 1. The molecule has 2 aromatic carbocycles. The minimum atomic E-state index is 0.128. The molecular formula is C31H37NO. The van der Waals surface area contributed by atoms with E-state index in [0.717, 1.165) is 53.6 Å². The number of benzene rings is 2. The summed E-state index contributed by atoms with van der Waals surface area (Å²) >= 11 is 0. The van der Waals surface area contributed by atoms with Crippen molar-refractivity contribution in [2.45, 2.75) is 59.4 Å². The summed E-state index contributed by atoms with van der Waals surface area (Å²) in [4.78, 5) is 15.6. The smallest absolute Gasteiger partial charge is 0.230 e. The van der Waals surface area contributed by atoms with Crippen molar-refractivity contribution in [3.8, 4) is 0 Å². The second-order valence-corrected chi connectivity index (χ2v) is 9.12. The van der Waals surface area contributed by atoms with Crippen LogP contribution in [-0.2, 0) is 11.3 Å². The maximum atomic E-state index is 13.6. The van der Waals surface area contributed by atoms with Crippen molar-refractivity contribution >= 4 is 23.2 Å². The minimum Gasteiger partial charge on any atom is -0.308 e. The number of hydrogen-bond donors (Lipinski definition) is 0. The highest BCUT2D eigenvalue weighted by molar-refractivity contribution is 5.95. The van der Waals surface area contributed by atoms with Crippen LogP contribution in [0.15, 0.2) is 85.0 Å². The van der Waals surface area contributed by atoms with Gasteiger partial charge in [0.2, 0.25) is 5.91 Å². The molecule has 33 heavy (non-hydrogen) atoms. The Balaban J connectivity index is 1.89. The van der Waals surface area contributed by atoms with Crippen molar-refractivity contribution in [3.63, 3.8) is 0 Å². The molecule has 0 unspecified atom stereocenters. The number of nitrogens with zero attached hydrogens (tertiary/aromatic N) is 1. The number of allylic oxidation sites excluding steroid dienone is 6. The molecule has 3 rings (SSSR count). The quantitative estimate of drug-likeness (QED) is 0.378. The van der Waals surface area contributed by atoms with E-state index in [1.165, 1.54) is 12.0 Å². The normalized spacial score (nSPS) is 14.8. The molecule has 1 aliphatic rings. The molecule has 2 aromatic rings. The Morgan fingerprint density at radius 3 is 2.39 bits per heavy atom. The first kappa shape index (κ1) is 24.5. The molecule has 0 atom stereocenters. The summed E-state index contributed by atoms with van der Waals surface area (Å²) in [6, 6.07) is 16.8. The number of anilines is 1. The third kappa shape index (κ3) is 6.92. The number of rotatable bonds is 8. The molecule has 0 heterocycles. The lowest BCUT2D eigenvalue weighted by molar-refractivity contribution is -0.123. The average molecular weight is 440 g/mol. The van der Waals surface area contributed by atoms with Gasteiger partial charge >= 0.3 is 0 Å². The SMILES string of the molecule is C=C/C(=C\C=C(C)C)c1ccc(CN(C(=O)C2CCCCC2)c2cccc(/C=C/C)c2)cc1. The van der Waals surface area contributed by atoms with Gasteiger partial charge in [-0.05, 0) is 68.0 Å². The van der Waals surface area contributed by atoms with Crippen LogP contribution in [0.3, 0.4) is 0 Å². The molecule has 0 radical (unpaired) electrons. The summed E-state index contributed by atoms with van der Waals surface area (Å²) < 4.78 is 0. The van der Waals surface area contributed by atoms with Crippen LogP contribution in [0.4, 0.5) is 5.69 Å². The van der Waals surface area contributed by atoms with Crippen LogP contribution in [0.2, 0.25) is 0 Å². The lowest BCUT2D eigenvalue weighted by Crippen LogP contribution is -2.36. The van der Waals surface area contributed by atoms with Gasteiger partial charge in [0.05, 0.1) is 6.54 Å². The van der Waals surface area contributed by atoms with E-state index in [2.05, 4.69) is 81.1 Å². The Bertz CT molecular complexity index is 1030. The summed E-state index contributed by atoms with van der Waals surface area (Å²) in [6.45, 7) is 10.7. The van der Waals surface area contributed by atoms with Crippen molar-refractivity contribution in [2.24, 2.45) is 5.92 Å². The van der Waals surface area contributed by atoms with Gasteiger partial charge in [0, 0.05) is 11.6 Å². The monoisotopic (exact) mass is 439 g/mol. The van der Waals surface area contributed by atoms with Gasteiger partial charge in [-0.25, -0.2) is 0 Å². The predicted octanol–water partition coefficient (Wildman–Crippen LogP) is 8.37.